The molecular weight excluding hydrogens is 255 g/mol. The minimum Gasteiger partial charge on any atom is -0.372 e. The molecule has 0 aliphatic carbocycles. The Hall–Kier alpha value is -1.07. The van der Waals surface area contributed by atoms with Crippen molar-refractivity contribution in [3.8, 4) is 0 Å². The van der Waals surface area contributed by atoms with Crippen molar-refractivity contribution in [3.63, 3.8) is 0 Å². The quantitative estimate of drug-likeness (QED) is 0.802. The second-order valence-corrected chi connectivity index (χ2v) is 4.88. The predicted octanol–water partition coefficient (Wildman–Crippen LogP) is 3.78. The van der Waals surface area contributed by atoms with E-state index in [-0.39, 0.29) is 12.6 Å². The SMILES string of the molecule is CC(C)c1ccc(C(N)CCOCC(F)(F)F)cc1. The highest BCUT2D eigenvalue weighted by Gasteiger charge is 2.27. The van der Waals surface area contributed by atoms with Crippen molar-refractivity contribution in [3.05, 3.63) is 35.4 Å². The van der Waals surface area contributed by atoms with Crippen LogP contribution in [-0.2, 0) is 4.74 Å². The largest absolute Gasteiger partial charge is 0.411 e. The summed E-state index contributed by atoms with van der Waals surface area (Å²) in [5, 5.41) is 0. The third kappa shape index (κ3) is 6.07. The average molecular weight is 275 g/mol. The highest BCUT2D eigenvalue weighted by atomic mass is 19.4. The van der Waals surface area contributed by atoms with E-state index in [4.69, 9.17) is 5.73 Å². The Morgan fingerprint density at radius 3 is 2.11 bits per heavy atom. The number of halogens is 3. The molecule has 0 amide bonds. The summed E-state index contributed by atoms with van der Waals surface area (Å²) in [6, 6.07) is 7.54. The third-order valence-corrected chi connectivity index (χ3v) is 2.87. The Labute approximate surface area is 111 Å². The van der Waals surface area contributed by atoms with Crippen LogP contribution in [0.3, 0.4) is 0 Å². The monoisotopic (exact) mass is 275 g/mol. The number of hydrogen-bond acceptors (Lipinski definition) is 2. The van der Waals surface area contributed by atoms with Crippen LogP contribution in [0, 0.1) is 0 Å². The van der Waals surface area contributed by atoms with Crippen LogP contribution in [0.1, 0.15) is 43.4 Å². The first kappa shape index (κ1) is 16.0. The predicted molar refractivity (Wildman–Crippen MR) is 69.0 cm³/mol. The molecule has 1 aromatic carbocycles. The molecule has 0 radical (unpaired) electrons. The Bertz CT molecular complexity index is 373. The summed E-state index contributed by atoms with van der Waals surface area (Å²) in [5.41, 5.74) is 8.04. The fraction of sp³-hybridized carbons (Fsp3) is 0.571. The van der Waals surface area contributed by atoms with Crippen LogP contribution in [-0.4, -0.2) is 19.4 Å². The zero-order valence-corrected chi connectivity index (χ0v) is 11.2. The van der Waals surface area contributed by atoms with E-state index in [2.05, 4.69) is 18.6 Å². The lowest BCUT2D eigenvalue weighted by Gasteiger charge is -2.14. The van der Waals surface area contributed by atoms with E-state index < -0.39 is 12.8 Å². The lowest BCUT2D eigenvalue weighted by molar-refractivity contribution is -0.174. The summed E-state index contributed by atoms with van der Waals surface area (Å²) in [6.45, 7) is 2.98. The van der Waals surface area contributed by atoms with Gasteiger partial charge >= 0.3 is 6.18 Å². The van der Waals surface area contributed by atoms with Gasteiger partial charge in [0.05, 0.1) is 0 Å². The van der Waals surface area contributed by atoms with Crippen molar-refractivity contribution in [1.82, 2.24) is 0 Å². The highest BCUT2D eigenvalue weighted by Crippen LogP contribution is 2.20. The molecule has 5 heteroatoms. The molecule has 19 heavy (non-hydrogen) atoms. The van der Waals surface area contributed by atoms with Crippen LogP contribution in [0.15, 0.2) is 24.3 Å². The minimum atomic E-state index is -4.27. The molecule has 0 aliphatic rings. The molecule has 0 saturated carbocycles. The van der Waals surface area contributed by atoms with Crippen LogP contribution >= 0.6 is 0 Å². The fourth-order valence-corrected chi connectivity index (χ4v) is 1.69. The van der Waals surface area contributed by atoms with Crippen LogP contribution < -0.4 is 5.73 Å². The number of hydrogen-bond donors (Lipinski definition) is 1. The Morgan fingerprint density at radius 1 is 1.11 bits per heavy atom. The molecule has 108 valence electrons. The highest BCUT2D eigenvalue weighted by molar-refractivity contribution is 5.26. The van der Waals surface area contributed by atoms with Crippen LogP contribution in [0.2, 0.25) is 0 Å². The molecule has 1 unspecified atom stereocenters. The van der Waals surface area contributed by atoms with Crippen LogP contribution in [0.25, 0.3) is 0 Å². The zero-order valence-electron chi connectivity index (χ0n) is 11.2. The van der Waals surface area contributed by atoms with Crippen molar-refractivity contribution in [2.75, 3.05) is 13.2 Å². The minimum absolute atomic E-state index is 0.00656. The molecule has 1 rings (SSSR count). The summed E-state index contributed by atoms with van der Waals surface area (Å²) in [6.07, 6.45) is -3.90. The van der Waals surface area contributed by atoms with Gasteiger partial charge in [0.2, 0.25) is 0 Å². The second-order valence-electron chi connectivity index (χ2n) is 4.88. The van der Waals surface area contributed by atoms with E-state index in [9.17, 15) is 13.2 Å². The summed E-state index contributed by atoms with van der Waals surface area (Å²) >= 11 is 0. The molecule has 0 aromatic heterocycles. The van der Waals surface area contributed by atoms with Gasteiger partial charge in [-0.05, 0) is 23.5 Å². The van der Waals surface area contributed by atoms with Gasteiger partial charge in [-0.25, -0.2) is 0 Å². The maximum atomic E-state index is 11.9. The van der Waals surface area contributed by atoms with Gasteiger partial charge in [-0.15, -0.1) is 0 Å². The zero-order chi connectivity index (χ0) is 14.5. The molecule has 0 spiro atoms. The molecule has 1 atom stereocenters. The summed E-state index contributed by atoms with van der Waals surface area (Å²) in [4.78, 5) is 0. The maximum absolute atomic E-state index is 11.9. The first-order valence-corrected chi connectivity index (χ1v) is 6.29. The topological polar surface area (TPSA) is 35.2 Å². The number of ether oxygens (including phenoxy) is 1. The summed E-state index contributed by atoms with van der Waals surface area (Å²) in [7, 11) is 0. The lowest BCUT2D eigenvalue weighted by Crippen LogP contribution is -2.19. The number of benzene rings is 1. The molecule has 0 heterocycles. The Kier molecular flexibility index (Phi) is 5.82. The number of nitrogens with two attached hydrogens (primary N) is 1. The molecule has 1 aromatic rings. The van der Waals surface area contributed by atoms with E-state index in [1.165, 1.54) is 5.56 Å². The molecule has 0 aliphatic heterocycles. The van der Waals surface area contributed by atoms with Crippen LogP contribution in [0.5, 0.6) is 0 Å². The number of rotatable bonds is 6. The van der Waals surface area contributed by atoms with Gasteiger partial charge in [0.25, 0.3) is 0 Å². The van der Waals surface area contributed by atoms with Crippen LogP contribution in [0.4, 0.5) is 13.2 Å². The molecule has 0 fully saturated rings. The van der Waals surface area contributed by atoms with E-state index in [0.717, 1.165) is 5.56 Å². The molecule has 2 nitrogen and oxygen atoms in total. The van der Waals surface area contributed by atoms with Gasteiger partial charge < -0.3 is 10.5 Å². The normalized spacial score (nSPS) is 13.8. The first-order valence-electron chi connectivity index (χ1n) is 6.29. The lowest BCUT2D eigenvalue weighted by atomic mass is 9.98. The smallest absolute Gasteiger partial charge is 0.372 e. The van der Waals surface area contributed by atoms with Gasteiger partial charge in [-0.1, -0.05) is 38.1 Å². The Balaban J connectivity index is 2.39. The van der Waals surface area contributed by atoms with Gasteiger partial charge in [-0.2, -0.15) is 13.2 Å². The number of alkyl halides is 3. The Morgan fingerprint density at radius 2 is 1.63 bits per heavy atom. The third-order valence-electron chi connectivity index (χ3n) is 2.87. The van der Waals surface area contributed by atoms with Crippen molar-refractivity contribution in [2.45, 2.75) is 38.4 Å². The van der Waals surface area contributed by atoms with Gasteiger partial charge in [0.15, 0.2) is 0 Å². The van der Waals surface area contributed by atoms with E-state index in [1.807, 2.05) is 24.3 Å². The standard InChI is InChI=1S/C14H20F3NO/c1-10(2)11-3-5-12(6-4-11)13(18)7-8-19-9-14(15,16)17/h3-6,10,13H,7-9,18H2,1-2H3. The molecule has 0 bridgehead atoms. The summed E-state index contributed by atoms with van der Waals surface area (Å²) < 4.78 is 40.1. The van der Waals surface area contributed by atoms with Crippen molar-refractivity contribution >= 4 is 0 Å². The molecular formula is C14H20F3NO. The molecule has 0 saturated heterocycles. The molecule has 2 N–H and O–H groups in total. The van der Waals surface area contributed by atoms with Crippen molar-refractivity contribution in [2.24, 2.45) is 5.73 Å². The van der Waals surface area contributed by atoms with Crippen molar-refractivity contribution < 1.29 is 17.9 Å². The van der Waals surface area contributed by atoms with E-state index in [0.29, 0.717) is 12.3 Å². The second kappa shape index (κ2) is 6.91. The van der Waals surface area contributed by atoms with Crippen molar-refractivity contribution in [1.29, 1.82) is 0 Å². The van der Waals surface area contributed by atoms with Gasteiger partial charge in [0, 0.05) is 12.6 Å². The first-order chi connectivity index (χ1) is 8.79. The van der Waals surface area contributed by atoms with Gasteiger partial charge in [0.1, 0.15) is 6.61 Å². The van der Waals surface area contributed by atoms with E-state index >= 15 is 0 Å². The maximum Gasteiger partial charge on any atom is 0.411 e. The van der Waals surface area contributed by atoms with E-state index in [1.54, 1.807) is 0 Å². The average Bonchev–Trinajstić information content (AvgIpc) is 2.33. The summed E-state index contributed by atoms with van der Waals surface area (Å²) in [5.74, 6) is 0.445. The van der Waals surface area contributed by atoms with Gasteiger partial charge in [-0.3, -0.25) is 0 Å². The fourth-order valence-electron chi connectivity index (χ4n) is 1.69.